The summed E-state index contributed by atoms with van der Waals surface area (Å²) in [4.78, 5) is 44.1. The standard InChI is InChI=1S/C62H56N3O12P/c1-3-65(4-2)44-20-25-53-55(36-44)75-56-38-54(66)49-24-23-46(37-52(49)60(56)64-53)74-39-57(67)63-26-27-70-28-29-71-30-31-72-32-33-73-45-21-18-41(19-22-45)51-35-43-15-9-11-17-48(43)59-58-47-16-10-8-14-42(47)34-50(40-12-6-5-7-13-40)61(58)76-78(68,69)77-62(51)59/h5-25,34-38H,3-4,26-33,39H2,1-2H3,(H,63,67)(H,68,69). The maximum absolute atomic E-state index is 14.0. The second kappa shape index (κ2) is 23.1. The van der Waals surface area contributed by atoms with E-state index < -0.39 is 7.82 Å². The first-order chi connectivity index (χ1) is 38.1. The van der Waals surface area contributed by atoms with Gasteiger partial charge in [-0.3, -0.25) is 14.5 Å². The van der Waals surface area contributed by atoms with Gasteiger partial charge in [0.05, 0.1) is 39.6 Å². The number of aromatic nitrogens is 1. The highest BCUT2D eigenvalue weighted by Gasteiger charge is 2.37. The zero-order valence-electron chi connectivity index (χ0n) is 43.1. The first-order valence-electron chi connectivity index (χ1n) is 26.0. The molecule has 8 aromatic carbocycles. The minimum atomic E-state index is -4.70. The monoisotopic (exact) mass is 1070 g/mol. The highest BCUT2D eigenvalue weighted by atomic mass is 31.2. The van der Waals surface area contributed by atoms with Crippen molar-refractivity contribution in [1.82, 2.24) is 10.3 Å². The molecule has 3 aliphatic rings. The Labute approximate surface area is 449 Å². The molecular formula is C62H56N3O12P. The van der Waals surface area contributed by atoms with Crippen LogP contribution < -0.4 is 34.2 Å². The van der Waals surface area contributed by atoms with Gasteiger partial charge in [0.15, 0.2) is 23.4 Å². The van der Waals surface area contributed by atoms with Gasteiger partial charge < -0.3 is 47.4 Å². The van der Waals surface area contributed by atoms with Crippen molar-refractivity contribution >= 4 is 62.8 Å². The fraction of sp³-hybridized carbons (Fsp3) is 0.210. The van der Waals surface area contributed by atoms with Gasteiger partial charge in [0.25, 0.3) is 5.91 Å². The van der Waals surface area contributed by atoms with E-state index in [1.165, 1.54) is 6.07 Å². The Balaban J connectivity index is 0.623. The maximum Gasteiger partial charge on any atom is 0.584 e. The van der Waals surface area contributed by atoms with E-state index in [0.29, 0.717) is 107 Å². The van der Waals surface area contributed by atoms with Crippen LogP contribution in [0.4, 0.5) is 5.69 Å². The van der Waals surface area contributed by atoms with E-state index in [1.54, 1.807) is 18.2 Å². The number of amides is 1. The van der Waals surface area contributed by atoms with Crippen LogP contribution in [0.5, 0.6) is 23.0 Å². The zero-order chi connectivity index (χ0) is 53.6. The van der Waals surface area contributed by atoms with Gasteiger partial charge in [-0.15, -0.1) is 0 Å². The molecule has 0 spiro atoms. The van der Waals surface area contributed by atoms with E-state index in [1.807, 2.05) is 133 Å². The molecule has 0 saturated heterocycles. The molecule has 8 aromatic rings. The van der Waals surface area contributed by atoms with E-state index in [9.17, 15) is 19.0 Å². The van der Waals surface area contributed by atoms with Gasteiger partial charge in [-0.2, -0.15) is 0 Å². The van der Waals surface area contributed by atoms with Crippen LogP contribution in [0, 0.1) is 0 Å². The Hall–Kier alpha value is -8.30. The molecule has 0 saturated carbocycles. The van der Waals surface area contributed by atoms with Crippen molar-refractivity contribution in [2.75, 3.05) is 77.4 Å². The summed E-state index contributed by atoms with van der Waals surface area (Å²) < 4.78 is 61.1. The fourth-order valence-electron chi connectivity index (χ4n) is 9.91. The van der Waals surface area contributed by atoms with Crippen molar-refractivity contribution in [2.24, 2.45) is 0 Å². The number of carbonyl (C=O) groups is 1. The lowest BCUT2D eigenvalue weighted by Gasteiger charge is -2.21. The molecule has 0 aromatic heterocycles. The number of hydrogen-bond acceptors (Lipinski definition) is 13. The van der Waals surface area contributed by atoms with E-state index in [0.717, 1.165) is 51.4 Å². The van der Waals surface area contributed by atoms with Crippen LogP contribution in [0.1, 0.15) is 13.8 Å². The SMILES string of the molecule is CCN(CC)c1ccc2nc3c4cc(OCC(=O)NCCOCCOCCOCCOc5ccc(-c6cc7ccccc7c7c6OP(=O)(O)Oc6c(-c8ccccc8)cc8ccccc8c6-7)cc5)ccc4c(=O)cc-3oc2c1. The first-order valence-corrected chi connectivity index (χ1v) is 27.5. The number of ether oxygens (including phenoxy) is 5. The Bertz CT molecular complexity index is 3890. The average Bonchev–Trinajstić information content (AvgIpc) is 3.72. The van der Waals surface area contributed by atoms with Crippen LogP contribution in [0.2, 0.25) is 0 Å². The summed E-state index contributed by atoms with van der Waals surface area (Å²) in [5, 5.41) is 7.43. The largest absolute Gasteiger partial charge is 0.584 e. The predicted molar refractivity (Wildman–Crippen MR) is 303 cm³/mol. The zero-order valence-corrected chi connectivity index (χ0v) is 44.0. The van der Waals surface area contributed by atoms with Crippen molar-refractivity contribution in [3.05, 3.63) is 168 Å². The normalized spacial score (nSPS) is 13.9. The minimum Gasteiger partial charge on any atom is -0.491 e. The number of carbonyl (C=O) groups excluding carboxylic acids is 1. The van der Waals surface area contributed by atoms with E-state index >= 15 is 0 Å². The molecule has 2 aliphatic heterocycles. The second-order valence-corrected chi connectivity index (χ2v) is 19.8. The number of phosphoric acid groups is 1. The summed E-state index contributed by atoms with van der Waals surface area (Å²) in [7, 11) is -4.70. The van der Waals surface area contributed by atoms with Gasteiger partial charge in [0, 0.05) is 70.5 Å². The molecule has 0 radical (unpaired) electrons. The van der Waals surface area contributed by atoms with Crippen molar-refractivity contribution in [3.63, 3.8) is 0 Å². The van der Waals surface area contributed by atoms with Crippen molar-refractivity contribution < 1.29 is 51.4 Å². The summed E-state index contributed by atoms with van der Waals surface area (Å²) in [6.45, 7) is 8.30. The molecule has 2 heterocycles. The molecule has 2 N–H and O–H groups in total. The number of rotatable bonds is 21. The number of phosphoric ester groups is 1. The first kappa shape index (κ1) is 51.8. The molecule has 1 aliphatic carbocycles. The van der Waals surface area contributed by atoms with Crippen LogP contribution in [0.3, 0.4) is 0 Å². The lowest BCUT2D eigenvalue weighted by molar-refractivity contribution is -0.123. The summed E-state index contributed by atoms with van der Waals surface area (Å²) >= 11 is 0. The minimum absolute atomic E-state index is 0.195. The third kappa shape index (κ3) is 11.1. The van der Waals surface area contributed by atoms with Gasteiger partial charge in [-0.25, -0.2) is 9.55 Å². The third-order valence-corrected chi connectivity index (χ3v) is 14.5. The number of hydrogen-bond donors (Lipinski definition) is 2. The average molecular weight is 1070 g/mol. The highest BCUT2D eigenvalue weighted by molar-refractivity contribution is 7.48. The van der Waals surface area contributed by atoms with E-state index in [-0.39, 0.29) is 42.6 Å². The Kier molecular flexibility index (Phi) is 15.4. The summed E-state index contributed by atoms with van der Waals surface area (Å²) in [5.74, 6) is 1.63. The van der Waals surface area contributed by atoms with Crippen LogP contribution in [0.15, 0.2) is 167 Å². The van der Waals surface area contributed by atoms with Crippen LogP contribution in [-0.4, -0.2) is 88.3 Å². The predicted octanol–water partition coefficient (Wildman–Crippen LogP) is 12.1. The van der Waals surface area contributed by atoms with Crippen LogP contribution in [-0.2, 0) is 23.6 Å². The molecular weight excluding hydrogens is 1010 g/mol. The smallest absolute Gasteiger partial charge is 0.491 e. The summed E-state index contributed by atoms with van der Waals surface area (Å²) in [6, 6.07) is 49.4. The Morgan fingerprint density at radius 2 is 1.19 bits per heavy atom. The lowest BCUT2D eigenvalue weighted by Crippen LogP contribution is -2.31. The van der Waals surface area contributed by atoms with E-state index in [2.05, 4.69) is 24.1 Å². The number of nitrogens with one attached hydrogen (secondary N) is 1. The molecule has 1 amide bonds. The third-order valence-electron chi connectivity index (χ3n) is 13.6. The molecule has 11 rings (SSSR count). The fourth-order valence-corrected chi connectivity index (χ4v) is 10.8. The Morgan fingerprint density at radius 3 is 1.85 bits per heavy atom. The number of nitrogens with zero attached hydrogens (tertiary/aromatic N) is 2. The second-order valence-electron chi connectivity index (χ2n) is 18.5. The molecule has 1 unspecified atom stereocenters. The highest BCUT2D eigenvalue weighted by Crippen LogP contribution is 2.61. The maximum atomic E-state index is 14.0. The molecule has 78 heavy (non-hydrogen) atoms. The molecule has 396 valence electrons. The Morgan fingerprint density at radius 1 is 0.603 bits per heavy atom. The number of fused-ring (bicyclic) bond motifs is 11. The van der Waals surface area contributed by atoms with Crippen LogP contribution >= 0.6 is 7.82 Å². The van der Waals surface area contributed by atoms with Crippen molar-refractivity contribution in [2.45, 2.75) is 13.8 Å². The lowest BCUT2D eigenvalue weighted by atomic mass is 9.86. The quantitative estimate of drug-likeness (QED) is 0.0301. The molecule has 0 bridgehead atoms. The molecule has 1 atom stereocenters. The van der Waals surface area contributed by atoms with Gasteiger partial charge in [0.2, 0.25) is 0 Å². The van der Waals surface area contributed by atoms with Gasteiger partial charge in [0.1, 0.15) is 40.8 Å². The number of anilines is 1. The molecule has 15 nitrogen and oxygen atoms in total. The number of benzene rings is 9. The van der Waals surface area contributed by atoms with Gasteiger partial charge in [-0.1, -0.05) is 91.0 Å². The summed E-state index contributed by atoms with van der Waals surface area (Å²) in [5.41, 5.74) is 6.86. The van der Waals surface area contributed by atoms with Crippen LogP contribution in [0.25, 0.3) is 88.3 Å². The van der Waals surface area contributed by atoms with E-state index in [4.69, 9.17) is 42.1 Å². The molecule has 16 heteroatoms. The van der Waals surface area contributed by atoms with Gasteiger partial charge >= 0.3 is 7.82 Å². The topological polar surface area (TPSA) is 177 Å². The molecule has 0 fully saturated rings. The van der Waals surface area contributed by atoms with Crippen molar-refractivity contribution in [1.29, 1.82) is 0 Å². The van der Waals surface area contributed by atoms with Gasteiger partial charge in [-0.05, 0) is 101 Å². The summed E-state index contributed by atoms with van der Waals surface area (Å²) in [6.07, 6.45) is 0. The van der Waals surface area contributed by atoms with Crippen molar-refractivity contribution in [3.8, 4) is 67.8 Å².